The first kappa shape index (κ1) is 21.4. The molecule has 2 fully saturated rings. The van der Waals surface area contributed by atoms with Crippen molar-refractivity contribution in [3.8, 4) is 0 Å². The van der Waals surface area contributed by atoms with Crippen LogP contribution in [0.2, 0.25) is 0 Å². The van der Waals surface area contributed by atoms with Gasteiger partial charge in [-0.15, -0.1) is 0 Å². The largest absolute Gasteiger partial charge is 0.377 e. The normalized spacial score (nSPS) is 20.8. The van der Waals surface area contributed by atoms with Crippen LogP contribution < -0.4 is 0 Å². The molecule has 4 rings (SSSR count). The van der Waals surface area contributed by atoms with Crippen molar-refractivity contribution in [3.63, 3.8) is 0 Å². The molecule has 1 aromatic carbocycles. The van der Waals surface area contributed by atoms with E-state index in [0.29, 0.717) is 18.6 Å². The molecule has 5 heteroatoms. The summed E-state index contributed by atoms with van der Waals surface area (Å²) in [6.45, 7) is 8.71. The Morgan fingerprint density at radius 2 is 1.90 bits per heavy atom. The Hall–Kier alpha value is -1.82. The fraction of sp³-hybridized carbons (Fsp3) is 0.560. The minimum absolute atomic E-state index is 0.0898. The van der Waals surface area contributed by atoms with E-state index in [2.05, 4.69) is 34.9 Å². The maximum absolute atomic E-state index is 14.0. The zero-order valence-corrected chi connectivity index (χ0v) is 18.1. The maximum Gasteiger partial charge on any atom is 0.127 e. The van der Waals surface area contributed by atoms with E-state index in [1.807, 2.05) is 12.1 Å². The lowest BCUT2D eigenvalue weighted by molar-refractivity contribution is 0.0564. The average Bonchev–Trinajstić information content (AvgIpc) is 3.24. The van der Waals surface area contributed by atoms with Crippen LogP contribution in [0, 0.1) is 18.7 Å². The molecule has 0 amide bonds. The molecule has 1 atom stereocenters. The van der Waals surface area contributed by atoms with Crippen LogP contribution in [0.3, 0.4) is 0 Å². The maximum atomic E-state index is 14.0. The summed E-state index contributed by atoms with van der Waals surface area (Å²) < 4.78 is 19.9. The third-order valence-electron chi connectivity index (χ3n) is 6.39. The number of pyridine rings is 1. The first-order valence-corrected chi connectivity index (χ1v) is 11.4. The Morgan fingerprint density at radius 1 is 1.07 bits per heavy atom. The third-order valence-corrected chi connectivity index (χ3v) is 6.39. The molecular weight excluding hydrogens is 377 g/mol. The van der Waals surface area contributed by atoms with Gasteiger partial charge in [-0.2, -0.15) is 0 Å². The first-order valence-electron chi connectivity index (χ1n) is 11.4. The van der Waals surface area contributed by atoms with Gasteiger partial charge in [0.15, 0.2) is 0 Å². The minimum Gasteiger partial charge on any atom is -0.377 e. The zero-order valence-electron chi connectivity index (χ0n) is 18.1. The number of nitrogens with zero attached hydrogens (tertiary/aromatic N) is 3. The number of hydrogen-bond donors (Lipinski definition) is 0. The van der Waals surface area contributed by atoms with E-state index in [1.165, 1.54) is 12.8 Å². The molecule has 0 unspecified atom stereocenters. The van der Waals surface area contributed by atoms with Gasteiger partial charge >= 0.3 is 0 Å². The molecule has 2 saturated heterocycles. The van der Waals surface area contributed by atoms with Crippen LogP contribution >= 0.6 is 0 Å². The topological polar surface area (TPSA) is 28.6 Å². The van der Waals surface area contributed by atoms with Gasteiger partial charge in [-0.1, -0.05) is 24.3 Å². The summed E-state index contributed by atoms with van der Waals surface area (Å²) >= 11 is 0. The van der Waals surface area contributed by atoms with Gasteiger partial charge < -0.3 is 4.74 Å². The van der Waals surface area contributed by atoms with Gasteiger partial charge in [0, 0.05) is 44.0 Å². The number of piperidine rings is 1. The van der Waals surface area contributed by atoms with E-state index in [4.69, 9.17) is 9.72 Å². The average molecular weight is 412 g/mol. The summed E-state index contributed by atoms with van der Waals surface area (Å²) in [6, 6.07) is 13.4. The molecule has 0 radical (unpaired) electrons. The molecule has 4 nitrogen and oxygen atoms in total. The van der Waals surface area contributed by atoms with E-state index in [9.17, 15) is 4.39 Å². The molecule has 162 valence electrons. The van der Waals surface area contributed by atoms with Crippen molar-refractivity contribution >= 4 is 0 Å². The molecule has 3 heterocycles. The quantitative estimate of drug-likeness (QED) is 0.643. The summed E-state index contributed by atoms with van der Waals surface area (Å²) in [5.74, 6) is 0.584. The molecule has 0 N–H and O–H groups in total. The van der Waals surface area contributed by atoms with Crippen LogP contribution in [0.4, 0.5) is 4.39 Å². The number of rotatable bonds is 8. The van der Waals surface area contributed by atoms with Crippen molar-refractivity contribution in [3.05, 3.63) is 65.2 Å². The lowest BCUT2D eigenvalue weighted by Crippen LogP contribution is -2.40. The molecule has 0 saturated carbocycles. The summed E-state index contributed by atoms with van der Waals surface area (Å²) in [7, 11) is 0. The smallest absolute Gasteiger partial charge is 0.127 e. The van der Waals surface area contributed by atoms with Crippen molar-refractivity contribution in [1.29, 1.82) is 0 Å². The fourth-order valence-corrected chi connectivity index (χ4v) is 4.76. The Kier molecular flexibility index (Phi) is 7.47. The van der Waals surface area contributed by atoms with Gasteiger partial charge in [0.1, 0.15) is 5.82 Å². The van der Waals surface area contributed by atoms with Gasteiger partial charge in [0.2, 0.25) is 0 Å². The first-order chi connectivity index (χ1) is 14.7. The van der Waals surface area contributed by atoms with Crippen molar-refractivity contribution < 1.29 is 9.13 Å². The number of aryl methyl sites for hydroxylation is 1. The van der Waals surface area contributed by atoms with Gasteiger partial charge in [0.05, 0.1) is 11.8 Å². The molecule has 0 bridgehead atoms. The van der Waals surface area contributed by atoms with Gasteiger partial charge in [-0.05, 0) is 69.8 Å². The zero-order chi connectivity index (χ0) is 20.8. The van der Waals surface area contributed by atoms with Crippen molar-refractivity contribution in [1.82, 2.24) is 14.8 Å². The van der Waals surface area contributed by atoms with E-state index in [1.54, 1.807) is 12.1 Å². The second-order valence-corrected chi connectivity index (χ2v) is 8.91. The summed E-state index contributed by atoms with van der Waals surface area (Å²) in [5, 5.41) is 0. The molecule has 2 aromatic rings. The van der Waals surface area contributed by atoms with Crippen LogP contribution in [-0.4, -0.2) is 53.7 Å². The van der Waals surface area contributed by atoms with Crippen LogP contribution in [-0.2, 0) is 17.8 Å². The predicted molar refractivity (Wildman–Crippen MR) is 118 cm³/mol. The van der Waals surface area contributed by atoms with Crippen molar-refractivity contribution in [2.24, 2.45) is 5.92 Å². The summed E-state index contributed by atoms with van der Waals surface area (Å²) in [4.78, 5) is 9.66. The second kappa shape index (κ2) is 10.5. The number of aromatic nitrogens is 1. The van der Waals surface area contributed by atoms with E-state index in [0.717, 1.165) is 69.1 Å². The van der Waals surface area contributed by atoms with Crippen LogP contribution in [0.15, 0.2) is 42.5 Å². The monoisotopic (exact) mass is 411 g/mol. The lowest BCUT2D eigenvalue weighted by Gasteiger charge is -2.35. The highest BCUT2D eigenvalue weighted by atomic mass is 19.1. The molecule has 2 aliphatic rings. The Balaban J connectivity index is 1.31. The number of hydrogen-bond acceptors (Lipinski definition) is 4. The second-order valence-electron chi connectivity index (χ2n) is 8.91. The highest BCUT2D eigenvalue weighted by Crippen LogP contribution is 2.23. The van der Waals surface area contributed by atoms with Crippen molar-refractivity contribution in [2.75, 3.05) is 32.8 Å². The third kappa shape index (κ3) is 6.10. The highest BCUT2D eigenvalue weighted by Gasteiger charge is 2.25. The number of benzene rings is 1. The van der Waals surface area contributed by atoms with Gasteiger partial charge in [0.25, 0.3) is 0 Å². The summed E-state index contributed by atoms with van der Waals surface area (Å²) in [6.07, 6.45) is 5.03. The molecule has 30 heavy (non-hydrogen) atoms. The van der Waals surface area contributed by atoms with Gasteiger partial charge in [-0.25, -0.2) is 4.39 Å². The molecule has 0 spiro atoms. The van der Waals surface area contributed by atoms with Gasteiger partial charge in [-0.3, -0.25) is 14.8 Å². The Bertz CT molecular complexity index is 800. The van der Waals surface area contributed by atoms with Crippen LogP contribution in [0.5, 0.6) is 0 Å². The minimum atomic E-state index is -0.0898. The molecule has 2 aliphatic heterocycles. The van der Waals surface area contributed by atoms with Crippen LogP contribution in [0.25, 0.3) is 0 Å². The molecule has 1 aromatic heterocycles. The van der Waals surface area contributed by atoms with Crippen LogP contribution in [0.1, 0.15) is 42.6 Å². The van der Waals surface area contributed by atoms with E-state index >= 15 is 0 Å². The Labute approximate surface area is 180 Å². The highest BCUT2D eigenvalue weighted by molar-refractivity contribution is 5.17. The molecule has 0 aliphatic carbocycles. The van der Waals surface area contributed by atoms with E-state index in [-0.39, 0.29) is 5.82 Å². The number of ether oxygens (including phenoxy) is 1. The lowest BCUT2D eigenvalue weighted by atomic mass is 9.95. The number of likely N-dealkylation sites (tertiary alicyclic amines) is 1. The Morgan fingerprint density at radius 3 is 2.63 bits per heavy atom. The standard InChI is InChI=1S/C25H34FN3O/c1-20-6-4-8-23(27-20)18-29(19-24-9-5-15-30-24)16-21-11-13-28(14-12-21)17-22-7-2-3-10-25(22)26/h2-4,6-8,10,21,24H,5,9,11-19H2,1H3/t24-/m1/s1. The van der Waals surface area contributed by atoms with Crippen molar-refractivity contribution in [2.45, 2.75) is 51.8 Å². The number of halogens is 1. The fourth-order valence-electron chi connectivity index (χ4n) is 4.76. The molecular formula is C25H34FN3O. The summed E-state index contributed by atoms with van der Waals surface area (Å²) in [5.41, 5.74) is 3.03. The predicted octanol–water partition coefficient (Wildman–Crippen LogP) is 4.42. The van der Waals surface area contributed by atoms with E-state index < -0.39 is 0 Å². The SMILES string of the molecule is Cc1cccc(CN(CC2CCN(Cc3ccccc3F)CC2)C[C@H]2CCCO2)n1.